The summed E-state index contributed by atoms with van der Waals surface area (Å²) in [4.78, 5) is 7.13. The molecule has 1 saturated heterocycles. The Morgan fingerprint density at radius 1 is 1.39 bits per heavy atom. The van der Waals surface area contributed by atoms with Crippen molar-refractivity contribution in [1.82, 2.24) is 19.6 Å². The second-order valence-corrected chi connectivity index (χ2v) is 7.09. The highest BCUT2D eigenvalue weighted by atomic mass is 15.1. The number of fused-ring (bicyclic) bond motifs is 1. The SMILES string of the molecule is C1=CCC=1.C=Cc1cccc2nc(CCN3CCCC(N)C3)cn12.CCNC. The molecule has 0 saturated carbocycles. The minimum absolute atomic E-state index is 0.345. The molecule has 0 bridgehead atoms. The van der Waals surface area contributed by atoms with Gasteiger partial charge in [0.1, 0.15) is 5.65 Å². The van der Waals surface area contributed by atoms with E-state index >= 15 is 0 Å². The third-order valence-electron chi connectivity index (χ3n) is 4.83. The number of hydrogen-bond acceptors (Lipinski definition) is 4. The van der Waals surface area contributed by atoms with Crippen LogP contribution in [0.4, 0.5) is 0 Å². The standard InChI is InChI=1S/C16H22N4.C4H4.C3H9N/c1-2-15-6-3-7-16-18-14(12-20(15)16)8-10-19-9-4-5-13(17)11-19;1-2-4-3-1;1-3-4-2/h2-3,6-7,12-13H,1,4-5,8-11,17H2;1,4H,2H2;4H,3H2,1-2H3. The zero-order valence-electron chi connectivity index (χ0n) is 17.4. The number of nitrogens with one attached hydrogen (secondary N) is 1. The summed E-state index contributed by atoms with van der Waals surface area (Å²) in [6.07, 6.45) is 12.5. The highest BCUT2D eigenvalue weighted by Crippen LogP contribution is 2.12. The van der Waals surface area contributed by atoms with Crippen LogP contribution in [0.3, 0.4) is 0 Å². The largest absolute Gasteiger partial charge is 0.327 e. The number of imidazole rings is 1. The van der Waals surface area contributed by atoms with Crippen LogP contribution >= 0.6 is 0 Å². The molecule has 1 aliphatic carbocycles. The lowest BCUT2D eigenvalue weighted by molar-refractivity contribution is 0.211. The van der Waals surface area contributed by atoms with Crippen molar-refractivity contribution in [3.63, 3.8) is 0 Å². The van der Waals surface area contributed by atoms with Crippen LogP contribution in [0.5, 0.6) is 0 Å². The van der Waals surface area contributed by atoms with Crippen molar-refractivity contribution < 1.29 is 0 Å². The average Bonchev–Trinajstić information content (AvgIpc) is 3.08. The molecule has 152 valence electrons. The van der Waals surface area contributed by atoms with Crippen LogP contribution in [0.15, 0.2) is 48.9 Å². The minimum atomic E-state index is 0.345. The molecular formula is C23H35N5. The van der Waals surface area contributed by atoms with Crippen LogP contribution in [-0.2, 0) is 6.42 Å². The summed E-state index contributed by atoms with van der Waals surface area (Å²) in [6, 6.07) is 6.45. The molecule has 3 heterocycles. The maximum Gasteiger partial charge on any atom is 0.137 e. The molecule has 1 fully saturated rings. The first-order chi connectivity index (χ1) is 13.7. The molecule has 0 amide bonds. The smallest absolute Gasteiger partial charge is 0.137 e. The molecule has 1 atom stereocenters. The third kappa shape index (κ3) is 7.10. The van der Waals surface area contributed by atoms with Gasteiger partial charge in [0.2, 0.25) is 0 Å². The molecule has 1 aliphatic heterocycles. The molecular weight excluding hydrogens is 346 g/mol. The van der Waals surface area contributed by atoms with Gasteiger partial charge in [0.05, 0.1) is 5.69 Å². The molecule has 2 aliphatic rings. The molecule has 1 unspecified atom stereocenters. The van der Waals surface area contributed by atoms with Crippen molar-refractivity contribution in [2.24, 2.45) is 5.73 Å². The molecule has 5 nitrogen and oxygen atoms in total. The van der Waals surface area contributed by atoms with E-state index in [1.807, 2.05) is 37.4 Å². The van der Waals surface area contributed by atoms with Gasteiger partial charge in [-0.05, 0) is 69.8 Å². The molecule has 0 spiro atoms. The normalized spacial score (nSPS) is 17.9. The number of likely N-dealkylation sites (tertiary alicyclic amines) is 1. The van der Waals surface area contributed by atoms with E-state index in [-0.39, 0.29) is 0 Å². The van der Waals surface area contributed by atoms with Gasteiger partial charge in [0, 0.05) is 37.4 Å². The van der Waals surface area contributed by atoms with Gasteiger partial charge in [-0.25, -0.2) is 4.98 Å². The average molecular weight is 382 g/mol. The predicted molar refractivity (Wildman–Crippen MR) is 120 cm³/mol. The molecule has 5 heteroatoms. The number of nitrogens with two attached hydrogens (primary N) is 1. The summed E-state index contributed by atoms with van der Waals surface area (Å²) in [5.41, 5.74) is 12.1. The summed E-state index contributed by atoms with van der Waals surface area (Å²) in [5, 5.41) is 2.93. The van der Waals surface area contributed by atoms with E-state index in [1.165, 1.54) is 13.0 Å². The lowest BCUT2D eigenvalue weighted by atomic mass is 10.1. The zero-order valence-corrected chi connectivity index (χ0v) is 17.4. The fraction of sp³-hybridized carbons (Fsp3) is 0.478. The van der Waals surface area contributed by atoms with Crippen LogP contribution in [-0.4, -0.2) is 53.6 Å². The molecule has 0 aromatic carbocycles. The van der Waals surface area contributed by atoms with Gasteiger partial charge in [-0.1, -0.05) is 19.6 Å². The van der Waals surface area contributed by atoms with E-state index in [1.54, 1.807) is 0 Å². The Morgan fingerprint density at radius 2 is 2.11 bits per heavy atom. The van der Waals surface area contributed by atoms with Crippen molar-refractivity contribution in [2.45, 2.75) is 38.6 Å². The van der Waals surface area contributed by atoms with Crippen LogP contribution in [0.25, 0.3) is 11.7 Å². The maximum atomic E-state index is 6.02. The van der Waals surface area contributed by atoms with Crippen molar-refractivity contribution >= 4 is 11.7 Å². The van der Waals surface area contributed by atoms with Gasteiger partial charge in [-0.2, -0.15) is 0 Å². The first kappa shape index (κ1) is 22.1. The number of allylic oxidation sites excluding steroid dienone is 1. The van der Waals surface area contributed by atoms with Gasteiger partial charge in [-0.15, -0.1) is 5.73 Å². The van der Waals surface area contributed by atoms with Crippen molar-refractivity contribution in [2.75, 3.05) is 33.2 Å². The van der Waals surface area contributed by atoms with Gasteiger partial charge in [-0.3, -0.25) is 0 Å². The van der Waals surface area contributed by atoms with E-state index in [9.17, 15) is 0 Å². The van der Waals surface area contributed by atoms with Crippen LogP contribution in [0.2, 0.25) is 0 Å². The number of piperidine rings is 1. The molecule has 2 aromatic rings. The Morgan fingerprint density at radius 3 is 2.68 bits per heavy atom. The number of aromatic nitrogens is 2. The fourth-order valence-corrected chi connectivity index (χ4v) is 3.05. The first-order valence-electron chi connectivity index (χ1n) is 10.3. The second kappa shape index (κ2) is 12.3. The summed E-state index contributed by atoms with van der Waals surface area (Å²) in [7, 11) is 1.93. The summed E-state index contributed by atoms with van der Waals surface area (Å²) in [6.45, 7) is 10.2. The summed E-state index contributed by atoms with van der Waals surface area (Å²) >= 11 is 0. The van der Waals surface area contributed by atoms with Crippen LogP contribution < -0.4 is 11.1 Å². The predicted octanol–water partition coefficient (Wildman–Crippen LogP) is 3.27. The van der Waals surface area contributed by atoms with Crippen molar-refractivity contribution in [3.05, 3.63) is 60.2 Å². The fourth-order valence-electron chi connectivity index (χ4n) is 3.05. The Bertz CT molecular complexity index is 777. The minimum Gasteiger partial charge on any atom is -0.327 e. The molecule has 3 N–H and O–H groups in total. The molecule has 0 radical (unpaired) electrons. The Labute approximate surface area is 169 Å². The number of rotatable bonds is 5. The van der Waals surface area contributed by atoms with Crippen LogP contribution in [0, 0.1) is 0 Å². The van der Waals surface area contributed by atoms with Crippen LogP contribution in [0.1, 0.15) is 37.6 Å². The Kier molecular flexibility index (Phi) is 9.73. The highest BCUT2D eigenvalue weighted by Gasteiger charge is 2.16. The topological polar surface area (TPSA) is 58.6 Å². The molecule has 4 rings (SSSR count). The van der Waals surface area contributed by atoms with E-state index in [4.69, 9.17) is 5.73 Å². The monoisotopic (exact) mass is 381 g/mol. The second-order valence-electron chi connectivity index (χ2n) is 7.09. The molecule has 28 heavy (non-hydrogen) atoms. The van der Waals surface area contributed by atoms with Gasteiger partial charge in [0.15, 0.2) is 0 Å². The highest BCUT2D eigenvalue weighted by molar-refractivity contribution is 5.51. The van der Waals surface area contributed by atoms with Gasteiger partial charge in [0.25, 0.3) is 0 Å². The quantitative estimate of drug-likeness (QED) is 0.781. The Hall–Kier alpha value is -2.17. The zero-order chi connectivity index (χ0) is 20.2. The van der Waals surface area contributed by atoms with Crippen molar-refractivity contribution in [1.29, 1.82) is 0 Å². The van der Waals surface area contributed by atoms with Crippen molar-refractivity contribution in [3.8, 4) is 0 Å². The summed E-state index contributed by atoms with van der Waals surface area (Å²) in [5.74, 6) is 0. The summed E-state index contributed by atoms with van der Waals surface area (Å²) < 4.78 is 2.10. The first-order valence-corrected chi connectivity index (χ1v) is 10.3. The van der Waals surface area contributed by atoms with Gasteiger partial charge >= 0.3 is 0 Å². The molecule has 2 aromatic heterocycles. The lowest BCUT2D eigenvalue weighted by Gasteiger charge is -2.30. The van der Waals surface area contributed by atoms with Gasteiger partial charge < -0.3 is 20.4 Å². The number of nitrogens with zero attached hydrogens (tertiary/aromatic N) is 3. The van der Waals surface area contributed by atoms with E-state index in [0.717, 1.165) is 55.9 Å². The Balaban J connectivity index is 0.000000294. The van der Waals surface area contributed by atoms with E-state index < -0.39 is 0 Å². The lowest BCUT2D eigenvalue weighted by Crippen LogP contribution is -2.43. The third-order valence-corrected chi connectivity index (χ3v) is 4.83. The van der Waals surface area contributed by atoms with E-state index in [0.29, 0.717) is 6.04 Å². The van der Waals surface area contributed by atoms with E-state index in [2.05, 4.69) is 51.1 Å². The number of hydrogen-bond donors (Lipinski definition) is 2. The maximum absolute atomic E-state index is 6.02. The number of pyridine rings is 1.